The number of amides is 1. The van der Waals surface area contributed by atoms with Gasteiger partial charge in [-0.15, -0.1) is 0 Å². The first-order valence-corrected chi connectivity index (χ1v) is 6.35. The molecule has 5 heteroatoms. The van der Waals surface area contributed by atoms with E-state index in [-0.39, 0.29) is 18.3 Å². The van der Waals surface area contributed by atoms with Crippen molar-refractivity contribution in [1.82, 2.24) is 4.90 Å². The predicted octanol–water partition coefficient (Wildman–Crippen LogP) is 1.86. The lowest BCUT2D eigenvalue weighted by Gasteiger charge is -2.19. The fraction of sp³-hybridized carbons (Fsp3) is 0.357. The van der Waals surface area contributed by atoms with Crippen LogP contribution in [-0.4, -0.2) is 35.6 Å². The van der Waals surface area contributed by atoms with Crippen molar-refractivity contribution in [2.45, 2.75) is 13.3 Å². The van der Waals surface area contributed by atoms with Gasteiger partial charge in [-0.2, -0.15) is 0 Å². The largest absolute Gasteiger partial charge is 0.451 e. The second-order valence-electron chi connectivity index (χ2n) is 4.42. The number of aliphatic hydroxyl groups is 1. The lowest BCUT2D eigenvalue weighted by Crippen LogP contribution is -2.33. The van der Waals surface area contributed by atoms with Gasteiger partial charge in [0.15, 0.2) is 5.76 Å². The fourth-order valence-electron chi connectivity index (χ4n) is 2.03. The minimum absolute atomic E-state index is 0.0566. The van der Waals surface area contributed by atoms with E-state index in [1.54, 1.807) is 29.2 Å². The molecule has 19 heavy (non-hydrogen) atoms. The molecule has 0 spiro atoms. The number of hydrogen-bond donors (Lipinski definition) is 2. The standard InChI is InChI=1S/C14H18N2O3/c1-2-5-16(6-7-17)14(18)13-9-10-8-11(15)3-4-12(10)19-13/h3-4,8-9,17H,2,5-7,15H2,1H3. The Hall–Kier alpha value is -2.01. The van der Waals surface area contributed by atoms with Gasteiger partial charge in [0.25, 0.3) is 5.91 Å². The van der Waals surface area contributed by atoms with Crippen LogP contribution in [0.2, 0.25) is 0 Å². The number of nitrogens with zero attached hydrogens (tertiary/aromatic N) is 1. The molecule has 0 atom stereocenters. The van der Waals surface area contributed by atoms with E-state index in [1.165, 1.54) is 0 Å². The average molecular weight is 262 g/mol. The molecular weight excluding hydrogens is 244 g/mol. The molecule has 1 aromatic heterocycles. The summed E-state index contributed by atoms with van der Waals surface area (Å²) in [5, 5.41) is 9.80. The van der Waals surface area contributed by atoms with E-state index in [0.717, 1.165) is 11.8 Å². The van der Waals surface area contributed by atoms with Gasteiger partial charge in [0.2, 0.25) is 0 Å². The number of fused-ring (bicyclic) bond motifs is 1. The van der Waals surface area contributed by atoms with Crippen LogP contribution in [0.5, 0.6) is 0 Å². The van der Waals surface area contributed by atoms with Crippen LogP contribution in [0.4, 0.5) is 5.69 Å². The highest BCUT2D eigenvalue weighted by atomic mass is 16.3. The molecule has 0 radical (unpaired) electrons. The maximum atomic E-state index is 12.3. The van der Waals surface area contributed by atoms with Crippen molar-refractivity contribution in [2.24, 2.45) is 0 Å². The summed E-state index contributed by atoms with van der Waals surface area (Å²) in [6.07, 6.45) is 0.832. The van der Waals surface area contributed by atoms with Crippen molar-refractivity contribution in [3.05, 3.63) is 30.0 Å². The van der Waals surface area contributed by atoms with Crippen LogP contribution in [0.1, 0.15) is 23.9 Å². The lowest BCUT2D eigenvalue weighted by molar-refractivity contribution is 0.0692. The van der Waals surface area contributed by atoms with E-state index < -0.39 is 0 Å². The van der Waals surface area contributed by atoms with E-state index in [2.05, 4.69) is 0 Å². The minimum atomic E-state index is -0.203. The van der Waals surface area contributed by atoms with Gasteiger partial charge in [0.05, 0.1) is 6.61 Å². The molecule has 0 saturated carbocycles. The summed E-state index contributed by atoms with van der Waals surface area (Å²) in [7, 11) is 0. The Morgan fingerprint density at radius 1 is 1.37 bits per heavy atom. The SMILES string of the molecule is CCCN(CCO)C(=O)c1cc2cc(N)ccc2o1. The second-order valence-corrected chi connectivity index (χ2v) is 4.42. The number of nitrogens with two attached hydrogens (primary N) is 1. The zero-order valence-electron chi connectivity index (χ0n) is 10.9. The van der Waals surface area contributed by atoms with E-state index >= 15 is 0 Å². The monoisotopic (exact) mass is 262 g/mol. The van der Waals surface area contributed by atoms with Crippen LogP contribution in [0.25, 0.3) is 11.0 Å². The van der Waals surface area contributed by atoms with E-state index in [1.807, 2.05) is 6.92 Å². The van der Waals surface area contributed by atoms with Crippen molar-refractivity contribution >= 4 is 22.6 Å². The van der Waals surface area contributed by atoms with Crippen molar-refractivity contribution in [3.8, 4) is 0 Å². The molecular formula is C14H18N2O3. The maximum absolute atomic E-state index is 12.3. The Morgan fingerprint density at radius 3 is 2.84 bits per heavy atom. The summed E-state index contributed by atoms with van der Waals surface area (Å²) in [5.41, 5.74) is 6.96. The topological polar surface area (TPSA) is 79.7 Å². The Balaban J connectivity index is 2.29. The van der Waals surface area contributed by atoms with Crippen molar-refractivity contribution in [1.29, 1.82) is 0 Å². The highest BCUT2D eigenvalue weighted by molar-refractivity contribution is 5.96. The minimum Gasteiger partial charge on any atom is -0.451 e. The van der Waals surface area contributed by atoms with Crippen LogP contribution >= 0.6 is 0 Å². The number of benzene rings is 1. The van der Waals surface area contributed by atoms with Gasteiger partial charge in [-0.1, -0.05) is 6.92 Å². The highest BCUT2D eigenvalue weighted by Crippen LogP contribution is 2.22. The number of anilines is 1. The Bertz CT molecular complexity index is 571. The smallest absolute Gasteiger partial charge is 0.289 e. The normalized spacial score (nSPS) is 10.8. The molecule has 0 saturated heterocycles. The Morgan fingerprint density at radius 2 is 2.16 bits per heavy atom. The molecule has 1 aromatic carbocycles. The van der Waals surface area contributed by atoms with Crippen molar-refractivity contribution < 1.29 is 14.3 Å². The number of nitrogen functional groups attached to an aromatic ring is 1. The Labute approximate surface area is 111 Å². The maximum Gasteiger partial charge on any atom is 0.289 e. The van der Waals surface area contributed by atoms with Crippen LogP contribution in [0, 0.1) is 0 Å². The third-order valence-electron chi connectivity index (χ3n) is 2.90. The molecule has 5 nitrogen and oxygen atoms in total. The van der Waals surface area contributed by atoms with Gasteiger partial charge in [-0.05, 0) is 30.7 Å². The third kappa shape index (κ3) is 2.88. The molecule has 0 aliphatic rings. The van der Waals surface area contributed by atoms with Crippen molar-refractivity contribution in [2.75, 3.05) is 25.4 Å². The first kappa shape index (κ1) is 13.4. The zero-order chi connectivity index (χ0) is 13.8. The van der Waals surface area contributed by atoms with Gasteiger partial charge in [0, 0.05) is 24.2 Å². The quantitative estimate of drug-likeness (QED) is 0.806. The lowest BCUT2D eigenvalue weighted by atomic mass is 10.2. The fourth-order valence-corrected chi connectivity index (χ4v) is 2.03. The number of carbonyl (C=O) groups excluding carboxylic acids is 1. The van der Waals surface area contributed by atoms with E-state index in [9.17, 15) is 4.79 Å². The van der Waals surface area contributed by atoms with Gasteiger partial charge < -0.3 is 20.2 Å². The molecule has 2 rings (SSSR count). The molecule has 0 aliphatic heterocycles. The first-order valence-electron chi connectivity index (χ1n) is 6.35. The summed E-state index contributed by atoms with van der Waals surface area (Å²) in [4.78, 5) is 13.9. The number of aliphatic hydroxyl groups excluding tert-OH is 1. The van der Waals surface area contributed by atoms with E-state index in [4.69, 9.17) is 15.3 Å². The summed E-state index contributed by atoms with van der Waals surface area (Å²) in [6, 6.07) is 6.94. The summed E-state index contributed by atoms with van der Waals surface area (Å²) >= 11 is 0. The predicted molar refractivity (Wildman–Crippen MR) is 73.9 cm³/mol. The average Bonchev–Trinajstić information content (AvgIpc) is 2.80. The molecule has 2 aromatic rings. The van der Waals surface area contributed by atoms with Gasteiger partial charge in [-0.25, -0.2) is 0 Å². The molecule has 0 fully saturated rings. The molecule has 1 heterocycles. The summed E-state index contributed by atoms with van der Waals surface area (Å²) in [6.45, 7) is 2.83. The molecule has 0 bridgehead atoms. The van der Waals surface area contributed by atoms with Crippen LogP contribution in [-0.2, 0) is 0 Å². The second kappa shape index (κ2) is 5.75. The van der Waals surface area contributed by atoms with Crippen LogP contribution in [0.3, 0.4) is 0 Å². The van der Waals surface area contributed by atoms with Crippen LogP contribution < -0.4 is 5.73 Å². The van der Waals surface area contributed by atoms with Gasteiger partial charge in [0.1, 0.15) is 5.58 Å². The van der Waals surface area contributed by atoms with Gasteiger partial charge in [-0.3, -0.25) is 4.79 Å². The van der Waals surface area contributed by atoms with E-state index in [0.29, 0.717) is 24.4 Å². The molecule has 0 unspecified atom stereocenters. The number of furan rings is 1. The molecule has 1 amide bonds. The third-order valence-corrected chi connectivity index (χ3v) is 2.90. The number of carbonyl (C=O) groups is 1. The van der Waals surface area contributed by atoms with Gasteiger partial charge >= 0.3 is 0 Å². The highest BCUT2D eigenvalue weighted by Gasteiger charge is 2.18. The Kier molecular flexibility index (Phi) is 4.06. The molecule has 3 N–H and O–H groups in total. The number of rotatable bonds is 5. The van der Waals surface area contributed by atoms with Crippen molar-refractivity contribution in [3.63, 3.8) is 0 Å². The van der Waals surface area contributed by atoms with Crippen LogP contribution in [0.15, 0.2) is 28.7 Å². The molecule has 102 valence electrons. The summed E-state index contributed by atoms with van der Waals surface area (Å²) in [5.74, 6) is 0.0770. The first-order chi connectivity index (χ1) is 9.15. The zero-order valence-corrected chi connectivity index (χ0v) is 10.9. The molecule has 0 aliphatic carbocycles. The summed E-state index contributed by atoms with van der Waals surface area (Å²) < 4.78 is 5.53. The number of hydrogen-bond acceptors (Lipinski definition) is 4.